The first kappa shape index (κ1) is 16.1. The number of rotatable bonds is 4. The maximum atomic E-state index is 6.21. The fraction of sp³-hybridized carbons (Fsp3) is 0.765. The predicted molar refractivity (Wildman–Crippen MR) is 95.6 cm³/mol. The monoisotopic (exact) mass is 350 g/mol. The lowest BCUT2D eigenvalue weighted by Crippen LogP contribution is -2.44. The molecule has 132 valence electrons. The Morgan fingerprint density at radius 3 is 2.71 bits per heavy atom. The maximum absolute atomic E-state index is 6.21. The molecule has 0 radical (unpaired) electrons. The van der Waals surface area contributed by atoms with Crippen molar-refractivity contribution in [2.45, 2.75) is 38.2 Å². The van der Waals surface area contributed by atoms with E-state index in [1.807, 2.05) is 11.6 Å². The first-order valence-electron chi connectivity index (χ1n) is 9.12. The summed E-state index contributed by atoms with van der Waals surface area (Å²) in [6.45, 7) is 5.96. The fourth-order valence-corrected chi connectivity index (χ4v) is 4.49. The number of hydrogen-bond donors (Lipinski definition) is 0. The molecule has 4 rings (SSSR count). The van der Waals surface area contributed by atoms with Crippen molar-refractivity contribution in [3.63, 3.8) is 0 Å². The Kier molecular flexibility index (Phi) is 5.18. The first-order chi connectivity index (χ1) is 11.9. The van der Waals surface area contributed by atoms with E-state index in [-0.39, 0.29) is 6.10 Å². The van der Waals surface area contributed by atoms with Crippen molar-refractivity contribution in [1.29, 1.82) is 0 Å². The van der Waals surface area contributed by atoms with Crippen LogP contribution in [0.5, 0.6) is 0 Å². The van der Waals surface area contributed by atoms with Crippen molar-refractivity contribution in [3.05, 3.63) is 11.6 Å². The molecule has 3 aliphatic rings. The van der Waals surface area contributed by atoms with Gasteiger partial charge in [-0.25, -0.2) is 4.98 Å². The molecule has 0 spiro atoms. The highest BCUT2D eigenvalue weighted by molar-refractivity contribution is 7.13. The van der Waals surface area contributed by atoms with Crippen molar-refractivity contribution in [3.8, 4) is 0 Å². The standard InChI is InChI=1S/C17H26N4O2S/c1-2-7-20(8-3-1)12-15-13-22-19-16(23-15)14-4-9-21(10-5-14)17-18-6-11-24-17/h6,11,14-15H,1-5,7-10,12-13H2. The molecule has 0 saturated carbocycles. The highest BCUT2D eigenvalue weighted by atomic mass is 32.1. The number of oxime groups is 1. The van der Waals surface area contributed by atoms with Crippen LogP contribution in [0.2, 0.25) is 0 Å². The molecule has 2 saturated heterocycles. The van der Waals surface area contributed by atoms with E-state index in [4.69, 9.17) is 9.57 Å². The fourth-order valence-electron chi connectivity index (χ4n) is 3.79. The van der Waals surface area contributed by atoms with Gasteiger partial charge in [-0.2, -0.15) is 0 Å². The molecule has 0 N–H and O–H groups in total. The molecule has 0 aromatic carbocycles. The van der Waals surface area contributed by atoms with Gasteiger partial charge < -0.3 is 14.5 Å². The van der Waals surface area contributed by atoms with Crippen molar-refractivity contribution in [2.24, 2.45) is 11.1 Å². The minimum absolute atomic E-state index is 0.132. The summed E-state index contributed by atoms with van der Waals surface area (Å²) in [7, 11) is 0. The van der Waals surface area contributed by atoms with E-state index in [0.29, 0.717) is 12.5 Å². The van der Waals surface area contributed by atoms with E-state index in [1.54, 1.807) is 11.3 Å². The molecule has 7 heteroatoms. The first-order valence-corrected chi connectivity index (χ1v) is 10.00. The molecule has 0 aliphatic carbocycles. The van der Waals surface area contributed by atoms with Gasteiger partial charge in [-0.05, 0) is 38.8 Å². The van der Waals surface area contributed by atoms with Crippen molar-refractivity contribution >= 4 is 22.4 Å². The Bertz CT molecular complexity index is 537. The van der Waals surface area contributed by atoms with Crippen LogP contribution in [-0.2, 0) is 9.57 Å². The second kappa shape index (κ2) is 7.70. The zero-order chi connectivity index (χ0) is 16.2. The average Bonchev–Trinajstić information content (AvgIpc) is 3.18. The molecule has 1 atom stereocenters. The molecule has 6 nitrogen and oxygen atoms in total. The van der Waals surface area contributed by atoms with Crippen LogP contribution in [0.25, 0.3) is 0 Å². The minimum Gasteiger partial charge on any atom is -0.470 e. The predicted octanol–water partition coefficient (Wildman–Crippen LogP) is 2.57. The molecule has 3 aliphatic heterocycles. The third kappa shape index (κ3) is 3.83. The molecule has 4 heterocycles. The SMILES string of the molecule is c1csc(N2CCC(C3=NOCC(CN4CCCCC4)O3)CC2)n1. The quantitative estimate of drug-likeness (QED) is 0.835. The van der Waals surface area contributed by atoms with E-state index in [1.165, 1.54) is 32.4 Å². The van der Waals surface area contributed by atoms with Gasteiger partial charge in [0.2, 0.25) is 5.90 Å². The van der Waals surface area contributed by atoms with Gasteiger partial charge in [0, 0.05) is 37.1 Å². The number of aromatic nitrogens is 1. The van der Waals surface area contributed by atoms with Crippen LogP contribution >= 0.6 is 11.3 Å². The lowest BCUT2D eigenvalue weighted by molar-refractivity contribution is -0.0161. The summed E-state index contributed by atoms with van der Waals surface area (Å²) in [6.07, 6.45) is 8.10. The van der Waals surface area contributed by atoms with Crippen LogP contribution < -0.4 is 4.90 Å². The second-order valence-electron chi connectivity index (χ2n) is 6.90. The summed E-state index contributed by atoms with van der Waals surface area (Å²) in [4.78, 5) is 14.8. The van der Waals surface area contributed by atoms with Crippen LogP contribution in [0.4, 0.5) is 5.13 Å². The maximum Gasteiger partial charge on any atom is 0.229 e. The molecule has 1 aromatic heterocycles. The van der Waals surface area contributed by atoms with Gasteiger partial charge in [-0.1, -0.05) is 11.6 Å². The Hall–Kier alpha value is -1.34. The third-order valence-electron chi connectivity index (χ3n) is 5.15. The van der Waals surface area contributed by atoms with Gasteiger partial charge in [0.25, 0.3) is 0 Å². The Labute approximate surface area is 147 Å². The molecule has 2 fully saturated rings. The Balaban J connectivity index is 1.28. The summed E-state index contributed by atoms with van der Waals surface area (Å²) in [5, 5.41) is 7.39. The van der Waals surface area contributed by atoms with Crippen LogP contribution in [0.15, 0.2) is 16.7 Å². The van der Waals surface area contributed by atoms with Crippen LogP contribution in [-0.4, -0.2) is 61.2 Å². The number of ether oxygens (including phenoxy) is 1. The summed E-state index contributed by atoms with van der Waals surface area (Å²) in [5.74, 6) is 1.20. The Morgan fingerprint density at radius 1 is 1.12 bits per heavy atom. The number of hydrogen-bond acceptors (Lipinski definition) is 7. The molecular formula is C17H26N4O2S. The molecule has 0 bridgehead atoms. The number of piperidine rings is 2. The number of likely N-dealkylation sites (tertiary alicyclic amines) is 1. The number of thiazole rings is 1. The van der Waals surface area contributed by atoms with Gasteiger partial charge in [-0.3, -0.25) is 4.90 Å². The van der Waals surface area contributed by atoms with Gasteiger partial charge >= 0.3 is 0 Å². The van der Waals surface area contributed by atoms with Gasteiger partial charge in [0.1, 0.15) is 6.10 Å². The summed E-state index contributed by atoms with van der Waals surface area (Å²) in [6, 6.07) is 0. The van der Waals surface area contributed by atoms with E-state index in [2.05, 4.69) is 19.9 Å². The molecule has 0 amide bonds. The highest BCUT2D eigenvalue weighted by Crippen LogP contribution is 2.27. The molecule has 1 aromatic rings. The third-order valence-corrected chi connectivity index (χ3v) is 5.98. The van der Waals surface area contributed by atoms with Gasteiger partial charge in [-0.15, -0.1) is 11.3 Å². The van der Waals surface area contributed by atoms with Crippen molar-refractivity contribution in [1.82, 2.24) is 9.88 Å². The second-order valence-corrected chi connectivity index (χ2v) is 7.78. The molecule has 1 unspecified atom stereocenters. The lowest BCUT2D eigenvalue weighted by atomic mass is 9.97. The summed E-state index contributed by atoms with van der Waals surface area (Å²) < 4.78 is 6.21. The average molecular weight is 350 g/mol. The van der Waals surface area contributed by atoms with E-state index in [0.717, 1.165) is 43.5 Å². The van der Waals surface area contributed by atoms with Crippen molar-refractivity contribution in [2.75, 3.05) is 44.2 Å². The zero-order valence-corrected chi connectivity index (χ0v) is 14.9. The summed E-state index contributed by atoms with van der Waals surface area (Å²) >= 11 is 1.71. The topological polar surface area (TPSA) is 50.2 Å². The number of nitrogens with zero attached hydrogens (tertiary/aromatic N) is 4. The normalized spacial score (nSPS) is 26.6. The van der Waals surface area contributed by atoms with Crippen LogP contribution in [0, 0.1) is 5.92 Å². The van der Waals surface area contributed by atoms with E-state index < -0.39 is 0 Å². The van der Waals surface area contributed by atoms with Crippen molar-refractivity contribution < 1.29 is 9.57 Å². The minimum atomic E-state index is 0.132. The highest BCUT2D eigenvalue weighted by Gasteiger charge is 2.31. The van der Waals surface area contributed by atoms with E-state index in [9.17, 15) is 0 Å². The molecular weight excluding hydrogens is 324 g/mol. The largest absolute Gasteiger partial charge is 0.470 e. The number of anilines is 1. The zero-order valence-electron chi connectivity index (χ0n) is 14.1. The smallest absolute Gasteiger partial charge is 0.229 e. The summed E-state index contributed by atoms with van der Waals surface area (Å²) in [5.41, 5.74) is 0. The molecule has 24 heavy (non-hydrogen) atoms. The van der Waals surface area contributed by atoms with Gasteiger partial charge in [0.15, 0.2) is 11.7 Å². The van der Waals surface area contributed by atoms with E-state index >= 15 is 0 Å². The van der Waals surface area contributed by atoms with Crippen LogP contribution in [0.1, 0.15) is 32.1 Å². The lowest BCUT2D eigenvalue weighted by Gasteiger charge is -2.35. The Morgan fingerprint density at radius 2 is 1.96 bits per heavy atom. The van der Waals surface area contributed by atoms with Gasteiger partial charge in [0.05, 0.1) is 0 Å². The van der Waals surface area contributed by atoms with Crippen LogP contribution in [0.3, 0.4) is 0 Å².